The van der Waals surface area contributed by atoms with Crippen molar-refractivity contribution in [1.82, 2.24) is 19.4 Å². The molecule has 2 fully saturated rings. The van der Waals surface area contributed by atoms with Crippen LogP contribution >= 0.6 is 0 Å². The molecule has 34 heavy (non-hydrogen) atoms. The summed E-state index contributed by atoms with van der Waals surface area (Å²) in [5.74, 6) is 0.887. The Morgan fingerprint density at radius 3 is 1.94 bits per heavy atom. The molecule has 0 unspecified atom stereocenters. The van der Waals surface area contributed by atoms with E-state index in [1.165, 1.54) is 28.4 Å². The highest BCUT2D eigenvalue weighted by Gasteiger charge is 2.49. The van der Waals surface area contributed by atoms with Gasteiger partial charge in [0.2, 0.25) is 10.0 Å². The number of sulfonamides is 1. The summed E-state index contributed by atoms with van der Waals surface area (Å²) in [6.45, 7) is 3.07. The lowest BCUT2D eigenvalue weighted by Crippen LogP contribution is -2.52. The van der Waals surface area contributed by atoms with Crippen LogP contribution in [-0.2, 0) is 20.4 Å². The minimum atomic E-state index is -3.64. The molecule has 0 aliphatic carbocycles. The van der Waals surface area contributed by atoms with Gasteiger partial charge in [0.25, 0.3) is 5.91 Å². The molecule has 1 N–H and O–H groups in total. The van der Waals surface area contributed by atoms with Crippen LogP contribution in [0.3, 0.4) is 0 Å². The van der Waals surface area contributed by atoms with Crippen molar-refractivity contribution in [3.8, 4) is 11.5 Å². The van der Waals surface area contributed by atoms with Crippen molar-refractivity contribution in [2.24, 2.45) is 0 Å². The number of nitrogens with zero attached hydrogens (tertiary/aromatic N) is 3. The highest BCUT2D eigenvalue weighted by Crippen LogP contribution is 2.30. The maximum Gasteiger partial charge on any atom is 0.326 e. The van der Waals surface area contributed by atoms with E-state index in [-0.39, 0.29) is 30.6 Å². The Hall–Kier alpha value is -3.15. The number of nitrogens with one attached hydrogen (secondary N) is 1. The van der Waals surface area contributed by atoms with Gasteiger partial charge in [0.1, 0.15) is 17.0 Å². The van der Waals surface area contributed by atoms with E-state index in [4.69, 9.17) is 9.47 Å². The molecule has 2 aromatic rings. The quantitative estimate of drug-likeness (QED) is 0.588. The second-order valence-electron chi connectivity index (χ2n) is 8.36. The van der Waals surface area contributed by atoms with Crippen LogP contribution in [0.4, 0.5) is 4.79 Å². The van der Waals surface area contributed by atoms with Crippen LogP contribution in [-0.4, -0.2) is 81.5 Å². The van der Waals surface area contributed by atoms with Gasteiger partial charge in [0, 0.05) is 26.2 Å². The molecule has 0 saturated carbocycles. The van der Waals surface area contributed by atoms with E-state index in [9.17, 15) is 18.0 Å². The number of hydrogen-bond acceptors (Lipinski definition) is 7. The maximum absolute atomic E-state index is 13.2. The number of carbonyl (C=O) groups excluding carboxylic acids is 2. The average Bonchev–Trinajstić information content (AvgIpc) is 3.08. The van der Waals surface area contributed by atoms with Crippen LogP contribution in [0, 0.1) is 0 Å². The van der Waals surface area contributed by atoms with E-state index in [2.05, 4.69) is 5.32 Å². The summed E-state index contributed by atoms with van der Waals surface area (Å²) >= 11 is 0. The number of methoxy groups -OCH3 is 2. The Kier molecular flexibility index (Phi) is 6.52. The summed E-state index contributed by atoms with van der Waals surface area (Å²) in [7, 11) is -0.559. The Morgan fingerprint density at radius 2 is 1.41 bits per heavy atom. The summed E-state index contributed by atoms with van der Waals surface area (Å²) in [6.07, 6.45) is 0. The van der Waals surface area contributed by atoms with Crippen molar-refractivity contribution in [3.63, 3.8) is 0 Å². The molecule has 2 aliphatic rings. The van der Waals surface area contributed by atoms with Crippen LogP contribution in [0.15, 0.2) is 53.4 Å². The Labute approximate surface area is 199 Å². The van der Waals surface area contributed by atoms with Gasteiger partial charge >= 0.3 is 6.03 Å². The van der Waals surface area contributed by atoms with Gasteiger partial charge in [-0.3, -0.25) is 9.69 Å². The average molecular weight is 489 g/mol. The van der Waals surface area contributed by atoms with Gasteiger partial charge in [-0.15, -0.1) is 0 Å². The lowest BCUT2D eigenvalue weighted by molar-refractivity contribution is -0.132. The van der Waals surface area contributed by atoms with E-state index in [1.54, 1.807) is 50.4 Å². The zero-order valence-corrected chi connectivity index (χ0v) is 20.2. The first-order valence-electron chi connectivity index (χ1n) is 10.8. The molecule has 182 valence electrons. The molecule has 2 heterocycles. The van der Waals surface area contributed by atoms with Gasteiger partial charge in [-0.1, -0.05) is 12.1 Å². The third-order valence-corrected chi connectivity index (χ3v) is 8.23. The first kappa shape index (κ1) is 24.0. The monoisotopic (exact) mass is 488 g/mol. The van der Waals surface area contributed by atoms with E-state index < -0.39 is 21.6 Å². The standard InChI is InChI=1S/C23H28N4O6S/c1-23(17-4-6-18(32-2)7-5-17)21(28)27(22(29)24-23)16-25-12-14-26(15-13-25)34(30,31)20-10-8-19(33-3)9-11-20/h4-11H,12-16H2,1-3H3,(H,24,29)/t23-/m1/s1. The number of imide groups is 1. The third-order valence-electron chi connectivity index (χ3n) is 6.31. The Bertz CT molecular complexity index is 1160. The number of hydrogen-bond donors (Lipinski definition) is 1. The molecular formula is C23H28N4O6S. The van der Waals surface area contributed by atoms with Crippen molar-refractivity contribution in [3.05, 3.63) is 54.1 Å². The number of carbonyl (C=O) groups is 2. The molecule has 0 bridgehead atoms. The zero-order valence-electron chi connectivity index (χ0n) is 19.4. The number of rotatable bonds is 7. The summed E-state index contributed by atoms with van der Waals surface area (Å²) in [5.41, 5.74) is -0.521. The molecule has 2 saturated heterocycles. The molecule has 0 aromatic heterocycles. The van der Waals surface area contributed by atoms with Crippen LogP contribution in [0.1, 0.15) is 12.5 Å². The van der Waals surface area contributed by atoms with Gasteiger partial charge in [-0.25, -0.2) is 18.1 Å². The number of urea groups is 1. The molecule has 4 rings (SSSR count). The molecule has 3 amide bonds. The van der Waals surface area contributed by atoms with E-state index in [0.29, 0.717) is 30.2 Å². The SMILES string of the molecule is COc1ccc([C@@]2(C)NC(=O)N(CN3CCN(S(=O)(=O)c4ccc(OC)cc4)CC3)C2=O)cc1. The van der Waals surface area contributed by atoms with Crippen LogP contribution < -0.4 is 14.8 Å². The van der Waals surface area contributed by atoms with Crippen molar-refractivity contribution >= 4 is 22.0 Å². The second kappa shape index (κ2) is 9.24. The maximum atomic E-state index is 13.2. The van der Waals surface area contributed by atoms with Crippen molar-refractivity contribution in [1.29, 1.82) is 0 Å². The Balaban J connectivity index is 1.39. The number of piperazine rings is 1. The topological polar surface area (TPSA) is 108 Å². The van der Waals surface area contributed by atoms with Crippen molar-refractivity contribution in [2.75, 3.05) is 47.1 Å². The molecule has 1 atom stereocenters. The molecular weight excluding hydrogens is 460 g/mol. The zero-order chi connectivity index (χ0) is 24.5. The molecule has 0 radical (unpaired) electrons. The fourth-order valence-electron chi connectivity index (χ4n) is 4.15. The summed E-state index contributed by atoms with van der Waals surface area (Å²) in [6, 6.07) is 12.8. The lowest BCUT2D eigenvalue weighted by atomic mass is 9.92. The number of benzene rings is 2. The summed E-state index contributed by atoms with van der Waals surface area (Å²) in [4.78, 5) is 29.1. The lowest BCUT2D eigenvalue weighted by Gasteiger charge is -2.35. The fraction of sp³-hybridized carbons (Fsp3) is 0.391. The predicted octanol–water partition coefficient (Wildman–Crippen LogP) is 1.43. The van der Waals surface area contributed by atoms with Gasteiger partial charge in [-0.05, 0) is 48.9 Å². The van der Waals surface area contributed by atoms with Crippen LogP contribution in [0.5, 0.6) is 11.5 Å². The molecule has 11 heteroatoms. The van der Waals surface area contributed by atoms with E-state index in [1.807, 2.05) is 4.90 Å². The molecule has 10 nitrogen and oxygen atoms in total. The number of ether oxygens (including phenoxy) is 2. The normalized spacial score (nSPS) is 22.0. The first-order chi connectivity index (χ1) is 16.2. The van der Waals surface area contributed by atoms with Crippen molar-refractivity contribution in [2.45, 2.75) is 17.4 Å². The summed E-state index contributed by atoms with van der Waals surface area (Å²) in [5, 5.41) is 2.79. The first-order valence-corrected chi connectivity index (χ1v) is 12.3. The third kappa shape index (κ3) is 4.33. The highest BCUT2D eigenvalue weighted by atomic mass is 32.2. The van der Waals surface area contributed by atoms with Crippen LogP contribution in [0.25, 0.3) is 0 Å². The largest absolute Gasteiger partial charge is 0.497 e. The fourth-order valence-corrected chi connectivity index (χ4v) is 5.58. The number of amides is 3. The highest BCUT2D eigenvalue weighted by molar-refractivity contribution is 7.89. The van der Waals surface area contributed by atoms with Gasteiger partial charge < -0.3 is 14.8 Å². The summed E-state index contributed by atoms with van der Waals surface area (Å²) < 4.78 is 37.6. The molecule has 2 aliphatic heterocycles. The molecule has 2 aromatic carbocycles. The van der Waals surface area contributed by atoms with Gasteiger partial charge in [-0.2, -0.15) is 4.31 Å². The van der Waals surface area contributed by atoms with Gasteiger partial charge in [0.05, 0.1) is 25.8 Å². The van der Waals surface area contributed by atoms with Crippen molar-refractivity contribution < 1.29 is 27.5 Å². The van der Waals surface area contributed by atoms with Gasteiger partial charge in [0.15, 0.2) is 0 Å². The second-order valence-corrected chi connectivity index (χ2v) is 10.3. The minimum Gasteiger partial charge on any atom is -0.497 e. The minimum absolute atomic E-state index is 0.0901. The Morgan fingerprint density at radius 1 is 0.882 bits per heavy atom. The van der Waals surface area contributed by atoms with Crippen LogP contribution in [0.2, 0.25) is 0 Å². The van der Waals surface area contributed by atoms with E-state index >= 15 is 0 Å². The smallest absolute Gasteiger partial charge is 0.326 e. The van der Waals surface area contributed by atoms with E-state index in [0.717, 1.165) is 0 Å². The predicted molar refractivity (Wildman–Crippen MR) is 124 cm³/mol. The molecule has 0 spiro atoms.